The topological polar surface area (TPSA) is 117 Å². The molecule has 4 heterocycles. The number of nitrogens with zero attached hydrogens (tertiary/aromatic N) is 4. The Morgan fingerprint density at radius 1 is 0.591 bits per heavy atom. The van der Waals surface area contributed by atoms with Gasteiger partial charge in [-0.3, -0.25) is 9.59 Å². The average Bonchev–Trinajstić information content (AvgIpc) is 3.64. The quantitative estimate of drug-likeness (QED) is 0.194. The molecule has 6 aromatic rings. The zero-order chi connectivity index (χ0) is 29.9. The lowest BCUT2D eigenvalue weighted by atomic mass is 9.78. The zero-order valence-electron chi connectivity index (χ0n) is 24.5. The van der Waals surface area contributed by atoms with Crippen LogP contribution in [0.5, 0.6) is 0 Å². The van der Waals surface area contributed by atoms with Crippen molar-refractivity contribution in [1.82, 2.24) is 30.4 Å². The monoisotopic (exact) mass is 582 g/mol. The maximum absolute atomic E-state index is 12.7. The summed E-state index contributed by atoms with van der Waals surface area (Å²) >= 11 is 0. The molecule has 2 aromatic carbocycles. The number of fused-ring (bicyclic) bond motifs is 2. The van der Waals surface area contributed by atoms with Crippen LogP contribution in [0, 0.1) is 0 Å². The number of rotatable bonds is 10. The fourth-order valence-corrected chi connectivity index (χ4v) is 6.50. The van der Waals surface area contributed by atoms with Gasteiger partial charge in [0.15, 0.2) is 0 Å². The summed E-state index contributed by atoms with van der Waals surface area (Å²) in [6, 6.07) is 28.1. The predicted molar refractivity (Wildman–Crippen MR) is 169 cm³/mol. The summed E-state index contributed by atoms with van der Waals surface area (Å²) < 4.78 is 0. The highest BCUT2D eigenvalue weighted by Gasteiger charge is 2.27. The van der Waals surface area contributed by atoms with E-state index in [1.165, 1.54) is 0 Å². The van der Waals surface area contributed by atoms with Gasteiger partial charge in [0.25, 0.3) is 0 Å². The maximum atomic E-state index is 12.7. The average molecular weight is 583 g/mol. The lowest BCUT2D eigenvalue weighted by Gasteiger charge is -2.28. The van der Waals surface area contributed by atoms with E-state index >= 15 is 0 Å². The van der Waals surface area contributed by atoms with Crippen LogP contribution in [0.3, 0.4) is 0 Å². The second-order valence-electron chi connectivity index (χ2n) is 12.0. The van der Waals surface area contributed by atoms with Gasteiger partial charge in [-0.2, -0.15) is 20.4 Å². The van der Waals surface area contributed by atoms with Gasteiger partial charge in [-0.05, 0) is 78.6 Å². The van der Waals surface area contributed by atoms with Gasteiger partial charge < -0.3 is 9.97 Å². The molecule has 220 valence electrons. The Kier molecular flexibility index (Phi) is 7.80. The number of hydrogen-bond acceptors (Lipinski definition) is 6. The van der Waals surface area contributed by atoms with Gasteiger partial charge in [-0.25, -0.2) is 0 Å². The highest BCUT2D eigenvalue weighted by Crippen LogP contribution is 2.39. The first-order valence-corrected chi connectivity index (χ1v) is 15.4. The van der Waals surface area contributed by atoms with Crippen molar-refractivity contribution in [3.8, 4) is 0 Å². The van der Waals surface area contributed by atoms with Crippen LogP contribution >= 0.6 is 0 Å². The molecule has 8 heteroatoms. The first-order valence-electron chi connectivity index (χ1n) is 15.4. The summed E-state index contributed by atoms with van der Waals surface area (Å²) in [5.41, 5.74) is 7.25. The van der Waals surface area contributed by atoms with Crippen LogP contribution in [0.2, 0.25) is 0 Å². The van der Waals surface area contributed by atoms with Crippen LogP contribution in [0.25, 0.3) is 21.8 Å². The molecule has 1 aliphatic rings. The molecule has 0 radical (unpaired) electrons. The summed E-state index contributed by atoms with van der Waals surface area (Å²) in [6.07, 6.45) is 5.34. The van der Waals surface area contributed by atoms with Gasteiger partial charge in [0, 0.05) is 47.1 Å². The number of carbonyl (C=O) groups excluding carboxylic acids is 2. The molecule has 0 unspecified atom stereocenters. The van der Waals surface area contributed by atoms with E-state index in [1.54, 1.807) is 0 Å². The lowest BCUT2D eigenvalue weighted by Crippen LogP contribution is -2.17. The van der Waals surface area contributed by atoms with E-state index in [9.17, 15) is 9.59 Å². The predicted octanol–water partition coefficient (Wildman–Crippen LogP) is 6.38. The van der Waals surface area contributed by atoms with Crippen LogP contribution in [-0.2, 0) is 35.3 Å². The summed E-state index contributed by atoms with van der Waals surface area (Å²) in [5, 5.41) is 20.1. The standard InChI is InChI=1S/C36H34N6O2/c43-31(21-29-17-25-6-1-3-10-33(25)37-29)19-27-12-14-35(41-39-27)23-8-5-9-24(16-23)36-15-13-28(40-42-36)20-32(44)22-30-18-26-7-2-4-11-34(26)38-30/h1-4,6-7,10-15,17-18,23-24,37-38H,5,8-9,16,19-22H2/t23-,24-/m1/s1. The number of aromatic amines is 2. The van der Waals surface area contributed by atoms with Crippen molar-refractivity contribution in [2.45, 2.75) is 63.2 Å². The Morgan fingerprint density at radius 3 is 1.50 bits per heavy atom. The lowest BCUT2D eigenvalue weighted by molar-refractivity contribution is -0.118. The van der Waals surface area contributed by atoms with Gasteiger partial charge >= 0.3 is 0 Å². The number of para-hydroxylation sites is 2. The molecule has 0 saturated heterocycles. The van der Waals surface area contributed by atoms with Crippen LogP contribution in [0.4, 0.5) is 0 Å². The minimum Gasteiger partial charge on any atom is -0.358 e. The molecule has 0 spiro atoms. The number of aromatic nitrogens is 6. The van der Waals surface area contributed by atoms with E-state index in [2.05, 4.69) is 30.4 Å². The number of nitrogens with one attached hydrogen (secondary N) is 2. The van der Waals surface area contributed by atoms with Gasteiger partial charge in [-0.15, -0.1) is 0 Å². The number of carbonyl (C=O) groups is 2. The van der Waals surface area contributed by atoms with Crippen molar-refractivity contribution in [1.29, 1.82) is 0 Å². The second-order valence-corrected chi connectivity index (χ2v) is 12.0. The molecule has 4 aromatic heterocycles. The molecule has 0 bridgehead atoms. The maximum Gasteiger partial charge on any atom is 0.144 e. The van der Waals surface area contributed by atoms with E-state index < -0.39 is 0 Å². The largest absolute Gasteiger partial charge is 0.358 e. The highest BCUT2D eigenvalue weighted by atomic mass is 16.1. The van der Waals surface area contributed by atoms with Gasteiger partial charge in [-0.1, -0.05) is 42.8 Å². The Hall–Kier alpha value is -4.98. The van der Waals surface area contributed by atoms with Crippen molar-refractivity contribution >= 4 is 33.4 Å². The minimum absolute atomic E-state index is 0.109. The summed E-state index contributed by atoms with van der Waals surface area (Å²) in [5.74, 6) is 0.796. The van der Waals surface area contributed by atoms with E-state index in [0.717, 1.165) is 70.3 Å². The van der Waals surface area contributed by atoms with Gasteiger partial charge in [0.1, 0.15) is 11.6 Å². The smallest absolute Gasteiger partial charge is 0.144 e. The molecular weight excluding hydrogens is 548 g/mol. The number of ketones is 2. The van der Waals surface area contributed by atoms with E-state index in [4.69, 9.17) is 0 Å². The Bertz CT molecular complexity index is 1720. The first kappa shape index (κ1) is 27.8. The zero-order valence-corrected chi connectivity index (χ0v) is 24.5. The Labute approximate surface area is 255 Å². The second kappa shape index (κ2) is 12.3. The summed E-state index contributed by atoms with van der Waals surface area (Å²) in [4.78, 5) is 32.1. The van der Waals surface area contributed by atoms with Crippen LogP contribution < -0.4 is 0 Å². The number of hydrogen-bond donors (Lipinski definition) is 2. The van der Waals surface area contributed by atoms with Crippen molar-refractivity contribution in [2.75, 3.05) is 0 Å². The number of Topliss-reactive ketones (excluding diaryl/α,β-unsaturated/α-hetero) is 2. The molecule has 0 aliphatic heterocycles. The fourth-order valence-electron chi connectivity index (χ4n) is 6.50. The minimum atomic E-state index is 0.109. The van der Waals surface area contributed by atoms with E-state index in [0.29, 0.717) is 24.2 Å². The van der Waals surface area contributed by atoms with Crippen molar-refractivity contribution in [3.63, 3.8) is 0 Å². The fraction of sp³-hybridized carbons (Fsp3) is 0.278. The third-order valence-corrected chi connectivity index (χ3v) is 8.69. The summed E-state index contributed by atoms with van der Waals surface area (Å²) in [6.45, 7) is 0. The number of H-pyrrole nitrogens is 2. The molecule has 8 nitrogen and oxygen atoms in total. The Balaban J connectivity index is 0.922. The molecule has 2 N–H and O–H groups in total. The van der Waals surface area contributed by atoms with Crippen LogP contribution in [-0.4, -0.2) is 41.9 Å². The highest BCUT2D eigenvalue weighted by molar-refractivity contribution is 5.87. The van der Waals surface area contributed by atoms with Crippen molar-refractivity contribution in [2.24, 2.45) is 0 Å². The Morgan fingerprint density at radius 2 is 1.07 bits per heavy atom. The molecular formula is C36H34N6O2. The van der Waals surface area contributed by atoms with Gasteiger partial charge in [0.2, 0.25) is 0 Å². The van der Waals surface area contributed by atoms with Gasteiger partial charge in [0.05, 0.1) is 35.6 Å². The molecule has 7 rings (SSSR count). The van der Waals surface area contributed by atoms with E-state index in [-0.39, 0.29) is 36.2 Å². The van der Waals surface area contributed by atoms with Crippen molar-refractivity contribution in [3.05, 3.63) is 119 Å². The summed E-state index contributed by atoms with van der Waals surface area (Å²) in [7, 11) is 0. The third-order valence-electron chi connectivity index (χ3n) is 8.69. The molecule has 44 heavy (non-hydrogen) atoms. The molecule has 1 saturated carbocycles. The van der Waals surface area contributed by atoms with Crippen LogP contribution in [0.15, 0.2) is 84.9 Å². The van der Waals surface area contributed by atoms with E-state index in [1.807, 2.05) is 84.9 Å². The number of benzene rings is 2. The SMILES string of the molecule is O=C(Cc1ccc([C@@H]2CCC[C@@H](c3ccc(CC(=O)Cc4cc5ccccc5[nH]4)nn3)C2)nn1)Cc1cc2ccccc2[nH]1. The normalized spacial score (nSPS) is 16.8. The van der Waals surface area contributed by atoms with Crippen molar-refractivity contribution < 1.29 is 9.59 Å². The molecule has 1 aliphatic carbocycles. The molecule has 1 fully saturated rings. The molecule has 0 amide bonds. The third kappa shape index (κ3) is 6.34. The van der Waals surface area contributed by atoms with Crippen LogP contribution in [0.1, 0.15) is 71.7 Å². The first-order chi connectivity index (χ1) is 21.6. The molecule has 2 atom stereocenters.